The van der Waals surface area contributed by atoms with Gasteiger partial charge in [0.15, 0.2) is 11.5 Å². The number of carbonyl (C=O) groups is 2. The fourth-order valence-corrected chi connectivity index (χ4v) is 3.18. The number of anilines is 1. The smallest absolute Gasteiger partial charge is 0.228 e. The van der Waals surface area contributed by atoms with E-state index in [2.05, 4.69) is 10.6 Å². The summed E-state index contributed by atoms with van der Waals surface area (Å²) in [5.41, 5.74) is 1.83. The van der Waals surface area contributed by atoms with Crippen LogP contribution in [-0.4, -0.2) is 25.0 Å². The van der Waals surface area contributed by atoms with Crippen LogP contribution in [0.15, 0.2) is 36.4 Å². The maximum atomic E-state index is 13.4. The number of benzene rings is 2. The van der Waals surface area contributed by atoms with Crippen molar-refractivity contribution < 1.29 is 23.5 Å². The van der Waals surface area contributed by atoms with Crippen LogP contribution in [0.2, 0.25) is 0 Å². The Morgan fingerprint density at radius 2 is 1.96 bits per heavy atom. The van der Waals surface area contributed by atoms with Gasteiger partial charge in [0, 0.05) is 18.7 Å². The van der Waals surface area contributed by atoms with Crippen molar-refractivity contribution in [3.05, 3.63) is 53.3 Å². The minimum atomic E-state index is -0.642. The van der Waals surface area contributed by atoms with E-state index in [0.717, 1.165) is 5.56 Å². The number of rotatable bonds is 3. The van der Waals surface area contributed by atoms with Gasteiger partial charge in [-0.15, -0.1) is 0 Å². The molecule has 0 saturated heterocycles. The quantitative estimate of drug-likeness (QED) is 0.885. The van der Waals surface area contributed by atoms with Crippen LogP contribution < -0.4 is 20.1 Å². The third-order valence-corrected chi connectivity index (χ3v) is 4.44. The van der Waals surface area contributed by atoms with E-state index in [1.165, 1.54) is 12.1 Å². The molecule has 0 spiro atoms. The average Bonchev–Trinajstić information content (AvgIpc) is 2.65. The van der Waals surface area contributed by atoms with Gasteiger partial charge in [-0.25, -0.2) is 4.39 Å². The molecular weight excluding hydrogens is 339 g/mol. The summed E-state index contributed by atoms with van der Waals surface area (Å²) in [6, 6.07) is 9.54. The molecule has 6 nitrogen and oxygen atoms in total. The van der Waals surface area contributed by atoms with Crippen LogP contribution in [0.3, 0.4) is 0 Å². The SMILES string of the molecule is O=C1CC(C(=O)NCc2ccc3c(c2)OCCO3)c2ccc(F)cc2N1. The zero-order chi connectivity index (χ0) is 18.1. The first-order valence-electron chi connectivity index (χ1n) is 8.36. The van der Waals surface area contributed by atoms with E-state index < -0.39 is 11.7 Å². The average molecular weight is 356 g/mol. The Labute approximate surface area is 149 Å². The zero-order valence-corrected chi connectivity index (χ0v) is 13.9. The molecule has 2 aromatic rings. The van der Waals surface area contributed by atoms with Gasteiger partial charge < -0.3 is 20.1 Å². The van der Waals surface area contributed by atoms with Crippen LogP contribution in [-0.2, 0) is 16.1 Å². The summed E-state index contributed by atoms with van der Waals surface area (Å²) in [4.78, 5) is 24.5. The van der Waals surface area contributed by atoms with Crippen molar-refractivity contribution >= 4 is 17.5 Å². The van der Waals surface area contributed by atoms with E-state index in [9.17, 15) is 14.0 Å². The summed E-state index contributed by atoms with van der Waals surface area (Å²) in [5, 5.41) is 5.45. The molecule has 2 aliphatic rings. The number of fused-ring (bicyclic) bond motifs is 2. The Kier molecular flexibility index (Phi) is 4.20. The molecule has 0 fully saturated rings. The Bertz CT molecular complexity index is 884. The van der Waals surface area contributed by atoms with Crippen LogP contribution in [0.1, 0.15) is 23.5 Å². The molecule has 2 N–H and O–H groups in total. The lowest BCUT2D eigenvalue weighted by molar-refractivity contribution is -0.126. The molecule has 0 radical (unpaired) electrons. The Balaban J connectivity index is 1.48. The van der Waals surface area contributed by atoms with Crippen LogP contribution >= 0.6 is 0 Å². The van der Waals surface area contributed by atoms with Gasteiger partial charge in [0.2, 0.25) is 11.8 Å². The first-order valence-corrected chi connectivity index (χ1v) is 8.36. The fraction of sp³-hybridized carbons (Fsp3) is 0.263. The second kappa shape index (κ2) is 6.67. The minimum absolute atomic E-state index is 0.0333. The highest BCUT2D eigenvalue weighted by Gasteiger charge is 2.30. The lowest BCUT2D eigenvalue weighted by atomic mass is 9.89. The number of hydrogen-bond acceptors (Lipinski definition) is 4. The predicted molar refractivity (Wildman–Crippen MR) is 91.7 cm³/mol. The summed E-state index contributed by atoms with van der Waals surface area (Å²) in [5.74, 6) is -0.338. The number of carbonyl (C=O) groups excluding carboxylic acids is 2. The van der Waals surface area contributed by atoms with Crippen molar-refractivity contribution in [2.45, 2.75) is 18.9 Å². The molecule has 0 saturated carbocycles. The molecular formula is C19H17FN2O4. The van der Waals surface area contributed by atoms with Crippen LogP contribution in [0.25, 0.3) is 0 Å². The van der Waals surface area contributed by atoms with Crippen LogP contribution in [0.5, 0.6) is 11.5 Å². The van der Waals surface area contributed by atoms with Crippen molar-refractivity contribution in [1.82, 2.24) is 5.32 Å². The monoisotopic (exact) mass is 356 g/mol. The molecule has 2 amide bonds. The summed E-state index contributed by atoms with van der Waals surface area (Å²) < 4.78 is 24.4. The molecule has 4 rings (SSSR count). The van der Waals surface area contributed by atoms with Crippen LogP contribution in [0.4, 0.5) is 10.1 Å². The molecule has 26 heavy (non-hydrogen) atoms. The van der Waals surface area contributed by atoms with E-state index in [4.69, 9.17) is 9.47 Å². The lowest BCUT2D eigenvalue weighted by Gasteiger charge is -2.25. The minimum Gasteiger partial charge on any atom is -0.486 e. The molecule has 2 aliphatic heterocycles. The van der Waals surface area contributed by atoms with Crippen molar-refractivity contribution in [2.24, 2.45) is 0 Å². The highest BCUT2D eigenvalue weighted by molar-refractivity contribution is 6.01. The highest BCUT2D eigenvalue weighted by atomic mass is 19.1. The molecule has 0 aliphatic carbocycles. The zero-order valence-electron chi connectivity index (χ0n) is 13.9. The Hall–Kier alpha value is -3.09. The van der Waals surface area contributed by atoms with Gasteiger partial charge in [0.1, 0.15) is 19.0 Å². The summed E-state index contributed by atoms with van der Waals surface area (Å²) >= 11 is 0. The van der Waals surface area contributed by atoms with Crippen molar-refractivity contribution in [3.63, 3.8) is 0 Å². The Morgan fingerprint density at radius 1 is 1.15 bits per heavy atom. The summed E-state index contributed by atoms with van der Waals surface area (Å²) in [6.07, 6.45) is 0.0333. The normalized spacial score (nSPS) is 17.9. The number of halogens is 1. The van der Waals surface area contributed by atoms with Gasteiger partial charge >= 0.3 is 0 Å². The van der Waals surface area contributed by atoms with E-state index in [1.54, 1.807) is 6.07 Å². The molecule has 2 heterocycles. The third kappa shape index (κ3) is 3.20. The molecule has 1 unspecified atom stereocenters. The van der Waals surface area contributed by atoms with Crippen molar-refractivity contribution in [2.75, 3.05) is 18.5 Å². The van der Waals surface area contributed by atoms with E-state index in [-0.39, 0.29) is 18.2 Å². The van der Waals surface area contributed by atoms with Crippen molar-refractivity contribution in [3.8, 4) is 11.5 Å². The van der Waals surface area contributed by atoms with Gasteiger partial charge in [-0.3, -0.25) is 9.59 Å². The molecule has 1 atom stereocenters. The number of hydrogen-bond donors (Lipinski definition) is 2. The topological polar surface area (TPSA) is 76.7 Å². The maximum Gasteiger partial charge on any atom is 0.228 e. The second-order valence-corrected chi connectivity index (χ2v) is 6.23. The number of amides is 2. The van der Waals surface area contributed by atoms with Gasteiger partial charge in [-0.2, -0.15) is 0 Å². The van der Waals surface area contributed by atoms with E-state index >= 15 is 0 Å². The fourth-order valence-electron chi connectivity index (χ4n) is 3.18. The lowest BCUT2D eigenvalue weighted by Crippen LogP contribution is -2.34. The highest BCUT2D eigenvalue weighted by Crippen LogP contribution is 2.33. The number of ether oxygens (including phenoxy) is 2. The summed E-state index contributed by atoms with van der Waals surface area (Å²) in [7, 11) is 0. The molecule has 7 heteroatoms. The molecule has 134 valence electrons. The number of nitrogens with one attached hydrogen (secondary N) is 2. The van der Waals surface area contributed by atoms with E-state index in [1.807, 2.05) is 18.2 Å². The van der Waals surface area contributed by atoms with Gasteiger partial charge in [0.05, 0.1) is 5.92 Å². The van der Waals surface area contributed by atoms with Crippen molar-refractivity contribution in [1.29, 1.82) is 0 Å². The molecule has 2 aromatic carbocycles. The predicted octanol–water partition coefficient (Wildman–Crippen LogP) is 2.34. The van der Waals surface area contributed by atoms with Gasteiger partial charge in [0.25, 0.3) is 0 Å². The third-order valence-electron chi connectivity index (χ3n) is 4.44. The van der Waals surface area contributed by atoms with Crippen LogP contribution in [0, 0.1) is 5.82 Å². The standard InChI is InChI=1S/C19H17FN2O4/c20-12-2-3-13-14(9-18(23)22-15(13)8-12)19(24)21-10-11-1-4-16-17(7-11)26-6-5-25-16/h1-4,7-8,14H,5-6,9-10H2,(H,21,24)(H,22,23). The van der Waals surface area contributed by atoms with E-state index in [0.29, 0.717) is 42.5 Å². The first kappa shape index (κ1) is 16.4. The maximum absolute atomic E-state index is 13.4. The van der Waals surface area contributed by atoms with Gasteiger partial charge in [-0.1, -0.05) is 12.1 Å². The molecule has 0 aromatic heterocycles. The van der Waals surface area contributed by atoms with Gasteiger partial charge in [-0.05, 0) is 35.4 Å². The summed E-state index contributed by atoms with van der Waals surface area (Å²) in [6.45, 7) is 1.31. The first-order chi connectivity index (χ1) is 12.6. The second-order valence-electron chi connectivity index (χ2n) is 6.23. The largest absolute Gasteiger partial charge is 0.486 e. The Morgan fingerprint density at radius 3 is 2.81 bits per heavy atom. The molecule has 0 bridgehead atoms.